The zero-order chi connectivity index (χ0) is 28.5. The van der Waals surface area contributed by atoms with Crippen molar-refractivity contribution in [2.24, 2.45) is 16.7 Å². The average Bonchev–Trinajstić information content (AvgIpc) is 3.26. The minimum absolute atomic E-state index is 0.0942. The molecule has 210 valence electrons. The smallest absolute Gasteiger partial charge is 0.330 e. The highest BCUT2D eigenvalue weighted by molar-refractivity contribution is 5.81. The van der Waals surface area contributed by atoms with E-state index in [1.807, 2.05) is 74.5 Å². The van der Waals surface area contributed by atoms with Gasteiger partial charge in [-0.2, -0.15) is 0 Å². The third-order valence-electron chi connectivity index (χ3n) is 8.55. The van der Waals surface area contributed by atoms with Crippen LogP contribution in [0.2, 0.25) is 0 Å². The van der Waals surface area contributed by atoms with Crippen LogP contribution in [0, 0.1) is 16.7 Å². The summed E-state index contributed by atoms with van der Waals surface area (Å²) < 4.78 is 16.7. The van der Waals surface area contributed by atoms with E-state index in [9.17, 15) is 9.90 Å². The number of esters is 1. The van der Waals surface area contributed by atoms with E-state index in [1.54, 1.807) is 12.1 Å². The molecule has 0 aliphatic heterocycles. The number of ether oxygens (including phenoxy) is 3. The first kappa shape index (κ1) is 30.2. The highest BCUT2D eigenvalue weighted by Gasteiger charge is 2.62. The highest BCUT2D eigenvalue weighted by Crippen LogP contribution is 2.66. The van der Waals surface area contributed by atoms with Gasteiger partial charge in [0.2, 0.25) is 0 Å². The second-order valence-corrected chi connectivity index (χ2v) is 11.0. The van der Waals surface area contributed by atoms with E-state index >= 15 is 0 Å². The van der Waals surface area contributed by atoms with Crippen molar-refractivity contribution in [2.75, 3.05) is 6.61 Å². The van der Waals surface area contributed by atoms with E-state index in [0.717, 1.165) is 29.7 Å². The minimum Gasteiger partial charge on any atom is -0.508 e. The van der Waals surface area contributed by atoms with E-state index in [-0.39, 0.29) is 29.5 Å². The summed E-state index contributed by atoms with van der Waals surface area (Å²) in [5.74, 6) is 1.53. The summed E-state index contributed by atoms with van der Waals surface area (Å²) in [4.78, 5) is 11.3. The molecule has 5 heteroatoms. The Hall–Kier alpha value is -3.31. The summed E-state index contributed by atoms with van der Waals surface area (Å²) in [6.07, 6.45) is 13.5. The van der Waals surface area contributed by atoms with Crippen molar-refractivity contribution in [2.45, 2.75) is 72.7 Å². The lowest BCUT2D eigenvalue weighted by Crippen LogP contribution is -2.38. The fourth-order valence-electron chi connectivity index (χ4n) is 5.65. The number of hydrogen-bond acceptors (Lipinski definition) is 5. The Balaban J connectivity index is 0.000000239. The van der Waals surface area contributed by atoms with Gasteiger partial charge < -0.3 is 19.3 Å². The summed E-state index contributed by atoms with van der Waals surface area (Å²) in [6, 6.07) is 15.0. The molecule has 2 aromatic carbocycles. The third-order valence-corrected chi connectivity index (χ3v) is 8.55. The molecule has 1 N–H and O–H groups in total. The molecule has 0 radical (unpaired) electrons. The molecule has 0 spiro atoms. The number of fused-ring (bicyclic) bond motifs is 2. The maximum absolute atomic E-state index is 11.3. The lowest BCUT2D eigenvalue weighted by molar-refractivity contribution is -0.150. The molecule has 39 heavy (non-hydrogen) atoms. The molecule has 4 unspecified atom stereocenters. The van der Waals surface area contributed by atoms with Gasteiger partial charge in [-0.05, 0) is 72.9 Å². The molecule has 2 saturated carbocycles. The van der Waals surface area contributed by atoms with Gasteiger partial charge >= 0.3 is 5.97 Å². The molecule has 2 aromatic rings. The van der Waals surface area contributed by atoms with Crippen molar-refractivity contribution in [1.82, 2.24) is 0 Å². The Morgan fingerprint density at radius 2 is 1.62 bits per heavy atom. The first-order chi connectivity index (χ1) is 18.6. The van der Waals surface area contributed by atoms with Crippen LogP contribution in [-0.4, -0.2) is 30.1 Å². The lowest BCUT2D eigenvalue weighted by atomic mass is 9.70. The van der Waals surface area contributed by atoms with Gasteiger partial charge in [0.1, 0.15) is 17.6 Å². The Bertz CT molecular complexity index is 1130. The number of rotatable bonds is 10. The van der Waals surface area contributed by atoms with Gasteiger partial charge in [0.15, 0.2) is 6.29 Å². The monoisotopic (exact) mass is 532 g/mol. The Labute approximate surface area is 234 Å². The van der Waals surface area contributed by atoms with Crippen LogP contribution in [0.5, 0.6) is 11.5 Å². The van der Waals surface area contributed by atoms with Gasteiger partial charge in [-0.1, -0.05) is 82.8 Å². The summed E-state index contributed by atoms with van der Waals surface area (Å²) >= 11 is 0. The summed E-state index contributed by atoms with van der Waals surface area (Å²) in [5, 5.41) is 9.24. The largest absolute Gasteiger partial charge is 0.508 e. The lowest BCUT2D eigenvalue weighted by Gasteiger charge is -2.38. The van der Waals surface area contributed by atoms with E-state index in [4.69, 9.17) is 14.2 Å². The van der Waals surface area contributed by atoms with Crippen molar-refractivity contribution in [3.05, 3.63) is 84.5 Å². The SMILES string of the molecule is C=CC(=O)OC1CC2CCC1(C)C2(C)C.CCOC(CC)Oc1ccc(C=CC=Cc2ccc(O)cc2)cc1. The molecule has 0 saturated heterocycles. The molecule has 0 heterocycles. The number of phenolic OH excluding ortho intramolecular Hbond substituents is 1. The van der Waals surface area contributed by atoms with Crippen LogP contribution in [0.4, 0.5) is 0 Å². The van der Waals surface area contributed by atoms with Crippen molar-refractivity contribution < 1.29 is 24.1 Å². The predicted octanol–water partition coefficient (Wildman–Crippen LogP) is 8.20. The maximum atomic E-state index is 11.3. The molecule has 2 aliphatic carbocycles. The van der Waals surface area contributed by atoms with Crippen LogP contribution in [0.1, 0.15) is 71.4 Å². The van der Waals surface area contributed by atoms with Crippen molar-refractivity contribution in [3.8, 4) is 11.5 Å². The number of hydrogen-bond donors (Lipinski definition) is 1. The van der Waals surface area contributed by atoms with Gasteiger partial charge in [0.05, 0.1) is 0 Å². The first-order valence-electron chi connectivity index (χ1n) is 14.0. The van der Waals surface area contributed by atoms with E-state index in [2.05, 4.69) is 27.4 Å². The van der Waals surface area contributed by atoms with E-state index < -0.39 is 0 Å². The van der Waals surface area contributed by atoms with E-state index in [1.165, 1.54) is 18.9 Å². The average molecular weight is 533 g/mol. The van der Waals surface area contributed by atoms with Crippen molar-refractivity contribution >= 4 is 18.1 Å². The zero-order valence-corrected chi connectivity index (χ0v) is 24.1. The number of benzene rings is 2. The fourth-order valence-corrected chi connectivity index (χ4v) is 5.65. The quantitative estimate of drug-likeness (QED) is 0.145. The third kappa shape index (κ3) is 7.63. The predicted molar refractivity (Wildman–Crippen MR) is 158 cm³/mol. The molecule has 2 aliphatic rings. The molecule has 4 rings (SSSR count). The number of allylic oxidation sites excluding steroid dienone is 2. The highest BCUT2D eigenvalue weighted by atomic mass is 16.7. The van der Waals surface area contributed by atoms with Crippen LogP contribution in [0.15, 0.2) is 73.3 Å². The molecule has 0 amide bonds. The molecular weight excluding hydrogens is 488 g/mol. The van der Waals surface area contributed by atoms with Gasteiger partial charge in [-0.15, -0.1) is 0 Å². The maximum Gasteiger partial charge on any atom is 0.330 e. The van der Waals surface area contributed by atoms with Gasteiger partial charge in [-0.25, -0.2) is 4.79 Å². The summed E-state index contributed by atoms with van der Waals surface area (Å²) in [6.45, 7) is 15.0. The van der Waals surface area contributed by atoms with Gasteiger partial charge in [-0.3, -0.25) is 0 Å². The molecule has 0 aromatic heterocycles. The van der Waals surface area contributed by atoms with Gasteiger partial charge in [0.25, 0.3) is 0 Å². The van der Waals surface area contributed by atoms with Crippen LogP contribution in [0.25, 0.3) is 12.2 Å². The van der Waals surface area contributed by atoms with E-state index in [0.29, 0.717) is 17.9 Å². The van der Waals surface area contributed by atoms with Crippen LogP contribution in [-0.2, 0) is 14.3 Å². The zero-order valence-electron chi connectivity index (χ0n) is 24.1. The Kier molecular flexibility index (Phi) is 10.6. The van der Waals surface area contributed by atoms with Crippen LogP contribution < -0.4 is 4.74 Å². The van der Waals surface area contributed by atoms with Crippen molar-refractivity contribution in [1.29, 1.82) is 0 Å². The molecule has 5 nitrogen and oxygen atoms in total. The Morgan fingerprint density at radius 3 is 2.08 bits per heavy atom. The number of aromatic hydroxyl groups is 1. The normalized spacial score (nSPS) is 23.8. The molecular formula is C34H44O5. The number of carbonyl (C=O) groups is 1. The van der Waals surface area contributed by atoms with Crippen molar-refractivity contribution in [3.63, 3.8) is 0 Å². The molecule has 2 fully saturated rings. The second-order valence-electron chi connectivity index (χ2n) is 11.0. The number of phenols is 1. The first-order valence-corrected chi connectivity index (χ1v) is 14.0. The molecule has 2 bridgehead atoms. The fraction of sp³-hybridized carbons (Fsp3) is 0.441. The second kappa shape index (κ2) is 13.7. The van der Waals surface area contributed by atoms with Gasteiger partial charge in [0, 0.05) is 24.5 Å². The molecule has 4 atom stereocenters. The topological polar surface area (TPSA) is 65.0 Å². The summed E-state index contributed by atoms with van der Waals surface area (Å²) in [5.41, 5.74) is 2.61. The minimum atomic E-state index is -0.274. The Morgan fingerprint density at radius 1 is 1.03 bits per heavy atom. The van der Waals surface area contributed by atoms with Crippen LogP contribution >= 0.6 is 0 Å². The summed E-state index contributed by atoms with van der Waals surface area (Å²) in [7, 11) is 0. The standard InChI is InChI=1S/C21H24O3.C13H20O2/c1-3-21(23-4-2)24-20-15-11-18(12-16-20)8-6-5-7-17-9-13-19(22)14-10-17;1-5-11(14)15-10-8-9-6-7-13(10,4)12(9,2)3/h5-16,21-22H,3-4H2,1-2H3;5,9-10H,1,6-8H2,2-4H3. The van der Waals surface area contributed by atoms with Crippen LogP contribution in [0.3, 0.4) is 0 Å². The number of carbonyl (C=O) groups excluding carboxylic acids is 1.